The molecule has 0 radical (unpaired) electrons. The Bertz CT molecular complexity index is 2120. The fourth-order valence-corrected chi connectivity index (χ4v) is 7.19. The van der Waals surface area contributed by atoms with E-state index in [4.69, 9.17) is 0 Å². The molecular formula is C46H46N2O4. The van der Waals surface area contributed by atoms with Gasteiger partial charge in [-0.25, -0.2) is 0 Å². The third-order valence-corrected chi connectivity index (χ3v) is 9.17. The second-order valence-electron chi connectivity index (χ2n) is 11.5. The van der Waals surface area contributed by atoms with Gasteiger partial charge in [-0.15, -0.1) is 0 Å². The van der Waals surface area contributed by atoms with Gasteiger partial charge in [0, 0.05) is 33.0 Å². The Hall–Kier alpha value is -5.88. The van der Waals surface area contributed by atoms with E-state index in [2.05, 4.69) is 0 Å². The van der Waals surface area contributed by atoms with Gasteiger partial charge < -0.3 is 0 Å². The monoisotopic (exact) mass is 690 g/mol. The van der Waals surface area contributed by atoms with E-state index in [9.17, 15) is 19.2 Å². The Morgan fingerprint density at radius 2 is 0.577 bits per heavy atom. The van der Waals surface area contributed by atoms with Crippen LogP contribution in [0.25, 0.3) is 43.1 Å². The summed E-state index contributed by atoms with van der Waals surface area (Å²) in [6, 6.07) is 33.9. The lowest BCUT2D eigenvalue weighted by molar-refractivity contribution is 0.0583. The molecule has 2 aliphatic rings. The quantitative estimate of drug-likeness (QED) is 0.105. The second kappa shape index (κ2) is 16.0. The highest BCUT2D eigenvalue weighted by atomic mass is 16.2. The summed E-state index contributed by atoms with van der Waals surface area (Å²) in [4.78, 5) is 57.7. The number of carbonyl (C=O) groups excluding carboxylic acids is 4. The highest BCUT2D eigenvalue weighted by Crippen LogP contribution is 2.46. The molecule has 6 nitrogen and oxygen atoms in total. The molecular weight excluding hydrogens is 645 g/mol. The van der Waals surface area contributed by atoms with Gasteiger partial charge in [0.15, 0.2) is 0 Å². The zero-order valence-corrected chi connectivity index (χ0v) is 31.3. The normalized spacial score (nSPS) is 12.8. The molecule has 0 fully saturated rings. The molecule has 264 valence electrons. The fraction of sp³-hybridized carbons (Fsp3) is 0.217. The molecule has 0 N–H and O–H groups in total. The molecule has 52 heavy (non-hydrogen) atoms. The van der Waals surface area contributed by atoms with Crippen molar-refractivity contribution in [3.05, 3.63) is 143 Å². The molecule has 0 saturated carbocycles. The van der Waals surface area contributed by atoms with Gasteiger partial charge in [0.25, 0.3) is 23.6 Å². The van der Waals surface area contributed by atoms with Crippen LogP contribution in [0.5, 0.6) is 0 Å². The lowest BCUT2D eigenvalue weighted by Crippen LogP contribution is -2.40. The van der Waals surface area contributed by atoms with Gasteiger partial charge in [-0.3, -0.25) is 29.0 Å². The minimum atomic E-state index is -0.319. The predicted molar refractivity (Wildman–Crippen MR) is 214 cm³/mol. The summed E-state index contributed by atoms with van der Waals surface area (Å²) in [6.07, 6.45) is 0. The van der Waals surface area contributed by atoms with E-state index in [-0.39, 0.29) is 36.7 Å². The SMILES string of the molecule is CC.CC.CC.CC.O=C1c2ccc3c4ccc5c6c(ccc(c7ccc(c2c37)C(=O)N1Cc1ccccc1)c64)C(=O)N(Cc1ccccc1)C5=O. The Morgan fingerprint density at radius 3 is 0.827 bits per heavy atom. The van der Waals surface area contributed by atoms with Crippen molar-refractivity contribution in [3.8, 4) is 0 Å². The van der Waals surface area contributed by atoms with E-state index in [0.29, 0.717) is 33.0 Å². The van der Waals surface area contributed by atoms with E-state index < -0.39 is 0 Å². The van der Waals surface area contributed by atoms with Gasteiger partial charge in [-0.2, -0.15) is 0 Å². The van der Waals surface area contributed by atoms with E-state index in [1.54, 1.807) is 24.3 Å². The van der Waals surface area contributed by atoms with Crippen LogP contribution in [0, 0.1) is 0 Å². The Labute approximate surface area is 306 Å². The molecule has 0 atom stereocenters. The Morgan fingerprint density at radius 1 is 0.327 bits per heavy atom. The lowest BCUT2D eigenvalue weighted by Gasteiger charge is -2.30. The first-order valence-corrected chi connectivity index (χ1v) is 18.5. The van der Waals surface area contributed by atoms with Crippen molar-refractivity contribution < 1.29 is 19.2 Å². The number of carbonyl (C=O) groups is 4. The topological polar surface area (TPSA) is 74.8 Å². The van der Waals surface area contributed by atoms with Gasteiger partial charge in [-0.1, -0.05) is 140 Å². The van der Waals surface area contributed by atoms with Crippen molar-refractivity contribution >= 4 is 66.7 Å². The summed E-state index contributed by atoms with van der Waals surface area (Å²) in [7, 11) is 0. The molecule has 7 aromatic rings. The minimum absolute atomic E-state index is 0.194. The van der Waals surface area contributed by atoms with Crippen molar-refractivity contribution in [3.63, 3.8) is 0 Å². The van der Waals surface area contributed by atoms with Crippen molar-refractivity contribution in [2.75, 3.05) is 0 Å². The molecule has 9 rings (SSSR count). The van der Waals surface area contributed by atoms with Crippen LogP contribution in [-0.2, 0) is 13.1 Å². The average molecular weight is 691 g/mol. The van der Waals surface area contributed by atoms with Crippen molar-refractivity contribution in [1.82, 2.24) is 9.80 Å². The molecule has 0 unspecified atom stereocenters. The van der Waals surface area contributed by atoms with Crippen LogP contribution in [0.15, 0.2) is 109 Å². The zero-order chi connectivity index (χ0) is 37.7. The number of amides is 4. The Kier molecular flexibility index (Phi) is 11.5. The number of fused-ring (bicyclic) bond motifs is 2. The van der Waals surface area contributed by atoms with Gasteiger partial charge >= 0.3 is 0 Å². The first-order chi connectivity index (χ1) is 25.5. The van der Waals surface area contributed by atoms with Crippen LogP contribution < -0.4 is 0 Å². The van der Waals surface area contributed by atoms with Crippen molar-refractivity contribution in [2.24, 2.45) is 0 Å². The molecule has 2 heterocycles. The third kappa shape index (κ3) is 5.88. The minimum Gasteiger partial charge on any atom is -0.270 e. The van der Waals surface area contributed by atoms with Crippen LogP contribution in [0.4, 0.5) is 0 Å². The van der Waals surface area contributed by atoms with Gasteiger partial charge in [0.1, 0.15) is 0 Å². The zero-order valence-electron chi connectivity index (χ0n) is 31.3. The molecule has 4 amide bonds. The van der Waals surface area contributed by atoms with E-state index >= 15 is 0 Å². The molecule has 0 aliphatic carbocycles. The number of nitrogens with zero attached hydrogens (tertiary/aromatic N) is 2. The first kappa shape index (κ1) is 37.4. The first-order valence-electron chi connectivity index (χ1n) is 18.5. The highest BCUT2D eigenvalue weighted by Gasteiger charge is 2.37. The van der Waals surface area contributed by atoms with E-state index in [0.717, 1.165) is 43.4 Å². The Balaban J connectivity index is 0.000000614. The molecule has 0 aromatic heterocycles. The predicted octanol–water partition coefficient (Wildman–Crippen LogP) is 11.4. The fourth-order valence-electron chi connectivity index (χ4n) is 7.19. The summed E-state index contributed by atoms with van der Waals surface area (Å²) in [5.74, 6) is -1.27. The summed E-state index contributed by atoms with van der Waals surface area (Å²) in [5, 5.41) is 6.49. The standard InChI is InChI=1S/C38H22N2O4.4C2H6/c41-35-27-15-11-23-25-13-17-29-34-30(38(44)40(37(29)43)20-22-9-5-2-6-10-22)18-14-26(32(25)34)24-12-16-28(33(27)31(23)24)36(42)39(35)19-21-7-3-1-4-8-21;4*1-2/h1-18H,19-20H2;4*1-2H3. The summed E-state index contributed by atoms with van der Waals surface area (Å²) in [5.41, 5.74) is 3.73. The molecule has 0 spiro atoms. The summed E-state index contributed by atoms with van der Waals surface area (Å²) < 4.78 is 0. The van der Waals surface area contributed by atoms with Crippen LogP contribution in [0.2, 0.25) is 0 Å². The molecule has 7 aromatic carbocycles. The third-order valence-electron chi connectivity index (χ3n) is 9.17. The van der Waals surface area contributed by atoms with Crippen LogP contribution in [0.1, 0.15) is 108 Å². The van der Waals surface area contributed by atoms with Crippen LogP contribution >= 0.6 is 0 Å². The smallest absolute Gasteiger partial charge is 0.261 e. The van der Waals surface area contributed by atoms with Crippen LogP contribution in [-0.4, -0.2) is 33.4 Å². The van der Waals surface area contributed by atoms with Crippen molar-refractivity contribution in [1.29, 1.82) is 0 Å². The summed E-state index contributed by atoms with van der Waals surface area (Å²) >= 11 is 0. The number of imide groups is 2. The number of rotatable bonds is 4. The maximum Gasteiger partial charge on any atom is 0.261 e. The van der Waals surface area contributed by atoms with Gasteiger partial charge in [0.2, 0.25) is 0 Å². The maximum atomic E-state index is 13.8. The number of hydrogen-bond acceptors (Lipinski definition) is 4. The molecule has 0 bridgehead atoms. The van der Waals surface area contributed by atoms with E-state index in [1.165, 1.54) is 9.80 Å². The van der Waals surface area contributed by atoms with Crippen molar-refractivity contribution in [2.45, 2.75) is 68.5 Å². The maximum absolute atomic E-state index is 13.8. The second-order valence-corrected chi connectivity index (χ2v) is 11.5. The highest BCUT2D eigenvalue weighted by molar-refractivity contribution is 6.41. The average Bonchev–Trinajstić information content (AvgIpc) is 3.22. The van der Waals surface area contributed by atoms with Gasteiger partial charge in [-0.05, 0) is 67.7 Å². The lowest BCUT2D eigenvalue weighted by atomic mass is 9.82. The van der Waals surface area contributed by atoms with Crippen LogP contribution in [0.3, 0.4) is 0 Å². The van der Waals surface area contributed by atoms with Gasteiger partial charge in [0.05, 0.1) is 13.1 Å². The summed E-state index contributed by atoms with van der Waals surface area (Å²) in [6.45, 7) is 16.4. The number of benzene rings is 7. The molecule has 2 aliphatic heterocycles. The van der Waals surface area contributed by atoms with E-state index in [1.807, 2.05) is 140 Å². The largest absolute Gasteiger partial charge is 0.270 e. The molecule has 0 saturated heterocycles. The number of hydrogen-bond donors (Lipinski definition) is 0. The molecule has 6 heteroatoms.